The van der Waals surface area contributed by atoms with Gasteiger partial charge in [0.05, 0.1) is 27.6 Å². The zero-order valence-electron chi connectivity index (χ0n) is 33.5. The number of aromatic nitrogens is 2. The van der Waals surface area contributed by atoms with Gasteiger partial charge in [0, 0.05) is 32.9 Å². The van der Waals surface area contributed by atoms with E-state index in [1.54, 1.807) is 12.1 Å². The van der Waals surface area contributed by atoms with Crippen molar-refractivity contribution in [3.63, 3.8) is 0 Å². The van der Waals surface area contributed by atoms with E-state index in [0.29, 0.717) is 11.3 Å². The Balaban J connectivity index is 1.42. The molecule has 2 heterocycles. The highest BCUT2D eigenvalue weighted by atomic mass is 19.4. The van der Waals surface area contributed by atoms with Crippen molar-refractivity contribution in [2.24, 2.45) is 0 Å². The summed E-state index contributed by atoms with van der Waals surface area (Å²) in [6.45, 7) is 21.6. The number of fused-ring (bicyclic) bond motifs is 6. The molecule has 8 rings (SSSR count). The molecule has 0 spiro atoms. The topological polar surface area (TPSA) is 9.86 Å². The molecule has 0 saturated heterocycles. The maximum atomic E-state index is 15.1. The van der Waals surface area contributed by atoms with Crippen molar-refractivity contribution < 1.29 is 13.2 Å². The van der Waals surface area contributed by atoms with Crippen LogP contribution in [0.3, 0.4) is 0 Å². The van der Waals surface area contributed by atoms with Crippen molar-refractivity contribution in [2.75, 3.05) is 0 Å². The van der Waals surface area contributed by atoms with Gasteiger partial charge in [0.15, 0.2) is 0 Å². The molecule has 2 nitrogen and oxygen atoms in total. The minimum atomic E-state index is -4.57. The molecule has 2 aromatic heterocycles. The van der Waals surface area contributed by atoms with Crippen LogP contribution in [0.4, 0.5) is 13.2 Å². The molecule has 280 valence electrons. The van der Waals surface area contributed by atoms with Gasteiger partial charge < -0.3 is 9.13 Å². The Kier molecular flexibility index (Phi) is 8.24. The van der Waals surface area contributed by atoms with Crippen LogP contribution in [-0.2, 0) is 22.4 Å². The summed E-state index contributed by atoms with van der Waals surface area (Å²) < 4.78 is 49.8. The number of para-hydroxylation sites is 1. The van der Waals surface area contributed by atoms with Crippen molar-refractivity contribution >= 4 is 43.6 Å². The van der Waals surface area contributed by atoms with E-state index in [1.165, 1.54) is 11.6 Å². The Bertz CT molecular complexity index is 2730. The molecule has 0 radical (unpaired) electrons. The molecule has 0 fully saturated rings. The fourth-order valence-electron chi connectivity index (χ4n) is 8.13. The Hall–Kier alpha value is -5.29. The van der Waals surface area contributed by atoms with Crippen LogP contribution in [0.15, 0.2) is 115 Å². The van der Waals surface area contributed by atoms with Gasteiger partial charge in [0.25, 0.3) is 0 Å². The van der Waals surface area contributed by atoms with Crippen molar-refractivity contribution in [1.82, 2.24) is 9.13 Å². The molecule has 0 aliphatic carbocycles. The zero-order valence-corrected chi connectivity index (χ0v) is 33.5. The summed E-state index contributed by atoms with van der Waals surface area (Å²) in [5, 5.41) is 4.36. The minimum Gasteiger partial charge on any atom is -0.309 e. The van der Waals surface area contributed by atoms with E-state index >= 15 is 13.2 Å². The van der Waals surface area contributed by atoms with Crippen LogP contribution in [0.5, 0.6) is 0 Å². The fraction of sp³-hybridized carbons (Fsp3) is 0.280. The number of rotatable bonds is 3. The van der Waals surface area contributed by atoms with Crippen LogP contribution in [0.1, 0.15) is 90.1 Å². The zero-order chi connectivity index (χ0) is 39.4. The van der Waals surface area contributed by atoms with Gasteiger partial charge in [-0.05, 0) is 111 Å². The van der Waals surface area contributed by atoms with Crippen LogP contribution >= 0.6 is 0 Å². The number of halogens is 3. The number of aryl methyl sites for hydroxylation is 1. The fourth-order valence-corrected chi connectivity index (χ4v) is 8.13. The smallest absolute Gasteiger partial charge is 0.309 e. The molecule has 0 N–H and O–H groups in total. The molecule has 0 amide bonds. The second kappa shape index (κ2) is 12.4. The molecule has 8 aromatic rings. The van der Waals surface area contributed by atoms with Gasteiger partial charge in [-0.2, -0.15) is 13.2 Å². The molecular weight excluding hydrogens is 686 g/mol. The number of nitrogens with zero attached hydrogens (tertiary/aromatic N) is 2. The van der Waals surface area contributed by atoms with Crippen molar-refractivity contribution in [3.05, 3.63) is 143 Å². The van der Waals surface area contributed by atoms with Crippen molar-refractivity contribution in [2.45, 2.75) is 91.7 Å². The summed E-state index contributed by atoms with van der Waals surface area (Å²) in [6.07, 6.45) is -4.57. The molecule has 6 aromatic carbocycles. The highest BCUT2D eigenvalue weighted by molar-refractivity contribution is 6.11. The average Bonchev–Trinajstić information content (AvgIpc) is 3.62. The summed E-state index contributed by atoms with van der Waals surface area (Å²) in [5.74, 6) is 0. The predicted molar refractivity (Wildman–Crippen MR) is 226 cm³/mol. The SMILES string of the molecule is Cc1ccc(-n2c3ccccc3c3ccc(C(C)(C)C)cc32)cc1-c1cc(-n2c3cc(C(C)(C)C)ccc3c3ccc(C(C)(C)C)cc32)ccc1C(F)(F)F. The average molecular weight is 735 g/mol. The van der Waals surface area contributed by atoms with Gasteiger partial charge in [-0.25, -0.2) is 0 Å². The van der Waals surface area contributed by atoms with Gasteiger partial charge in [-0.1, -0.05) is 123 Å². The molecule has 0 unspecified atom stereocenters. The predicted octanol–water partition coefficient (Wildman–Crippen LogP) is 14.8. The maximum Gasteiger partial charge on any atom is 0.417 e. The van der Waals surface area contributed by atoms with E-state index in [1.807, 2.05) is 37.3 Å². The summed E-state index contributed by atoms with van der Waals surface area (Å²) in [7, 11) is 0. The molecule has 0 bridgehead atoms. The maximum absolute atomic E-state index is 15.1. The first-order valence-corrected chi connectivity index (χ1v) is 19.2. The normalized spacial score (nSPS) is 13.2. The lowest BCUT2D eigenvalue weighted by molar-refractivity contribution is -0.137. The quantitative estimate of drug-likeness (QED) is 0.171. The summed E-state index contributed by atoms with van der Waals surface area (Å²) in [5.41, 5.74) is 9.55. The van der Waals surface area contributed by atoms with Gasteiger partial charge in [0.1, 0.15) is 0 Å². The largest absolute Gasteiger partial charge is 0.417 e. The van der Waals surface area contributed by atoms with Gasteiger partial charge in [-0.15, -0.1) is 0 Å². The standard InChI is InChI=1S/C50H49F3N2/c1-30-15-19-34(54-43-14-12-11-13-36(43)37-21-16-31(25-44(37)54)47(2,3)4)28-40(30)41-29-35(20-24-42(41)50(51,52)53)55-45-26-32(48(5,6)7)17-22-38(45)39-23-18-33(27-46(39)55)49(8,9)10/h11-29H,1-10H3. The first kappa shape index (κ1) is 36.7. The lowest BCUT2D eigenvalue weighted by atomic mass is 9.86. The minimum absolute atomic E-state index is 0.0793. The lowest BCUT2D eigenvalue weighted by Crippen LogP contribution is -2.12. The second-order valence-corrected chi connectivity index (χ2v) is 18.4. The molecule has 0 aliphatic rings. The summed E-state index contributed by atoms with van der Waals surface area (Å²) in [4.78, 5) is 0. The Morgan fingerprint density at radius 1 is 0.400 bits per heavy atom. The molecule has 0 atom stereocenters. The van der Waals surface area contributed by atoms with E-state index in [9.17, 15) is 0 Å². The van der Waals surface area contributed by atoms with Crippen LogP contribution in [-0.4, -0.2) is 9.13 Å². The van der Waals surface area contributed by atoms with E-state index in [-0.39, 0.29) is 21.8 Å². The first-order valence-electron chi connectivity index (χ1n) is 19.2. The molecule has 55 heavy (non-hydrogen) atoms. The van der Waals surface area contributed by atoms with E-state index in [2.05, 4.69) is 138 Å². The van der Waals surface area contributed by atoms with Gasteiger partial charge in [-0.3, -0.25) is 0 Å². The number of hydrogen-bond acceptors (Lipinski definition) is 0. The Morgan fingerprint density at radius 2 is 0.800 bits per heavy atom. The third kappa shape index (κ3) is 6.22. The molecule has 0 aliphatic heterocycles. The number of hydrogen-bond donors (Lipinski definition) is 0. The third-order valence-electron chi connectivity index (χ3n) is 11.4. The number of benzene rings is 6. The van der Waals surface area contributed by atoms with Gasteiger partial charge >= 0.3 is 6.18 Å². The van der Waals surface area contributed by atoms with E-state index in [4.69, 9.17) is 0 Å². The lowest BCUT2D eigenvalue weighted by Gasteiger charge is -2.21. The number of alkyl halides is 3. The van der Waals surface area contributed by atoms with Crippen molar-refractivity contribution in [3.8, 4) is 22.5 Å². The molecule has 0 saturated carbocycles. The van der Waals surface area contributed by atoms with Crippen molar-refractivity contribution in [1.29, 1.82) is 0 Å². The summed E-state index contributed by atoms with van der Waals surface area (Å²) >= 11 is 0. The Labute approximate surface area is 322 Å². The van der Waals surface area contributed by atoms with Crippen LogP contribution in [0, 0.1) is 6.92 Å². The van der Waals surface area contributed by atoms with E-state index < -0.39 is 11.7 Å². The first-order chi connectivity index (χ1) is 25.7. The highest BCUT2D eigenvalue weighted by Gasteiger charge is 2.35. The van der Waals surface area contributed by atoms with Gasteiger partial charge in [0.2, 0.25) is 0 Å². The third-order valence-corrected chi connectivity index (χ3v) is 11.4. The molecular formula is C50H49F3N2. The molecule has 5 heteroatoms. The van der Waals surface area contributed by atoms with Crippen LogP contribution < -0.4 is 0 Å². The second-order valence-electron chi connectivity index (χ2n) is 18.4. The highest BCUT2D eigenvalue weighted by Crippen LogP contribution is 2.44. The van der Waals surface area contributed by atoms with Crippen LogP contribution in [0.25, 0.3) is 66.1 Å². The van der Waals surface area contributed by atoms with Crippen LogP contribution in [0.2, 0.25) is 0 Å². The van der Waals surface area contributed by atoms with E-state index in [0.717, 1.165) is 66.0 Å². The Morgan fingerprint density at radius 3 is 1.25 bits per heavy atom. The monoisotopic (exact) mass is 734 g/mol. The summed E-state index contributed by atoms with van der Waals surface area (Å²) in [6, 6.07) is 38.6.